The lowest BCUT2D eigenvalue weighted by molar-refractivity contribution is 0.0772. The Balaban J connectivity index is 0.000000471. The molecule has 0 N–H and O–H groups in total. The SMILES string of the molecule is C1CCOC1.CCCCC.CCN(CC)C(=O)c1cccc(Br)c1.O=C(Cl)c1cccc(Br)c1. The Hall–Kier alpha value is -1.21. The van der Waals surface area contributed by atoms with Gasteiger partial charge in [-0.2, -0.15) is 0 Å². The molecule has 0 radical (unpaired) electrons. The standard InChI is InChI=1S/C11H14BrNO.C7H4BrClO.C5H12.C4H8O/c1-3-13(4-2)11(14)9-6-5-7-10(12)8-9;8-6-3-1-2-5(4-6)7(9)10;1-3-5-4-2;1-2-4-5-3-1/h5-8H,3-4H2,1-2H3;1-4H;3-5H2,1-2H3;1-4H2. The molecule has 1 fully saturated rings. The van der Waals surface area contributed by atoms with Crippen LogP contribution in [0.4, 0.5) is 0 Å². The summed E-state index contributed by atoms with van der Waals surface area (Å²) in [5, 5.41) is -0.429. The van der Waals surface area contributed by atoms with Crippen molar-refractivity contribution in [3.63, 3.8) is 0 Å². The molecule has 2 aromatic rings. The van der Waals surface area contributed by atoms with Crippen molar-refractivity contribution in [2.45, 2.75) is 59.8 Å². The van der Waals surface area contributed by atoms with Gasteiger partial charge < -0.3 is 9.64 Å². The van der Waals surface area contributed by atoms with Gasteiger partial charge in [0.05, 0.1) is 0 Å². The van der Waals surface area contributed by atoms with E-state index in [1.807, 2.05) is 49.1 Å². The lowest BCUT2D eigenvalue weighted by atomic mass is 10.2. The van der Waals surface area contributed by atoms with Crippen LogP contribution >= 0.6 is 43.5 Å². The molecule has 0 aliphatic carbocycles. The van der Waals surface area contributed by atoms with Crippen LogP contribution in [0.25, 0.3) is 0 Å². The smallest absolute Gasteiger partial charge is 0.253 e. The predicted molar refractivity (Wildman–Crippen MR) is 151 cm³/mol. The Kier molecular flexibility index (Phi) is 20.4. The molecule has 190 valence electrons. The third kappa shape index (κ3) is 15.6. The van der Waals surface area contributed by atoms with Gasteiger partial charge in [-0.05, 0) is 68.6 Å². The summed E-state index contributed by atoms with van der Waals surface area (Å²) >= 11 is 11.8. The number of halogens is 3. The molecule has 0 atom stereocenters. The first kappa shape index (κ1) is 32.8. The maximum atomic E-state index is 11.9. The lowest BCUT2D eigenvalue weighted by Crippen LogP contribution is -2.30. The van der Waals surface area contributed by atoms with E-state index in [-0.39, 0.29) is 5.91 Å². The second-order valence-corrected chi connectivity index (χ2v) is 9.62. The van der Waals surface area contributed by atoms with Crippen LogP contribution in [0.2, 0.25) is 0 Å². The minimum absolute atomic E-state index is 0.0938. The Bertz CT molecular complexity index is 815. The molecule has 0 aromatic heterocycles. The molecular weight excluding hydrogens is 582 g/mol. The Morgan fingerprint density at radius 1 is 0.853 bits per heavy atom. The van der Waals surface area contributed by atoms with Crippen LogP contribution < -0.4 is 0 Å². The molecule has 0 saturated carbocycles. The van der Waals surface area contributed by atoms with Gasteiger partial charge in [-0.25, -0.2) is 0 Å². The molecule has 0 bridgehead atoms. The normalized spacial score (nSPS) is 11.6. The van der Waals surface area contributed by atoms with Crippen molar-refractivity contribution in [2.75, 3.05) is 26.3 Å². The van der Waals surface area contributed by atoms with Gasteiger partial charge in [0.25, 0.3) is 11.1 Å². The maximum absolute atomic E-state index is 11.9. The quantitative estimate of drug-likeness (QED) is 0.304. The van der Waals surface area contributed by atoms with Crippen molar-refractivity contribution in [3.05, 3.63) is 68.6 Å². The molecule has 1 aliphatic rings. The van der Waals surface area contributed by atoms with Crippen molar-refractivity contribution in [1.82, 2.24) is 4.90 Å². The van der Waals surface area contributed by atoms with E-state index in [0.717, 1.165) is 40.8 Å². The van der Waals surface area contributed by atoms with E-state index in [1.165, 1.54) is 32.1 Å². The molecule has 0 unspecified atom stereocenters. The average molecular weight is 620 g/mol. The molecule has 34 heavy (non-hydrogen) atoms. The van der Waals surface area contributed by atoms with Gasteiger partial charge in [0.1, 0.15) is 0 Å². The highest BCUT2D eigenvalue weighted by Crippen LogP contribution is 2.14. The third-order valence-corrected chi connectivity index (χ3v) is 5.91. The number of hydrogen-bond acceptors (Lipinski definition) is 3. The van der Waals surface area contributed by atoms with Crippen molar-refractivity contribution in [2.24, 2.45) is 0 Å². The molecule has 1 saturated heterocycles. The average Bonchev–Trinajstić information content (AvgIpc) is 3.42. The summed E-state index contributed by atoms with van der Waals surface area (Å²) in [5.41, 5.74) is 1.25. The van der Waals surface area contributed by atoms with E-state index in [0.29, 0.717) is 5.56 Å². The largest absolute Gasteiger partial charge is 0.381 e. The van der Waals surface area contributed by atoms with Gasteiger partial charge in [0, 0.05) is 46.4 Å². The van der Waals surface area contributed by atoms with Gasteiger partial charge in [-0.3, -0.25) is 9.59 Å². The minimum Gasteiger partial charge on any atom is -0.381 e. The Labute approximate surface area is 227 Å². The van der Waals surface area contributed by atoms with E-state index in [9.17, 15) is 9.59 Å². The third-order valence-electron chi connectivity index (χ3n) is 4.71. The van der Waals surface area contributed by atoms with Crippen LogP contribution in [0.5, 0.6) is 0 Å². The van der Waals surface area contributed by atoms with Crippen LogP contribution in [0, 0.1) is 0 Å². The van der Waals surface area contributed by atoms with Gasteiger partial charge in [-0.15, -0.1) is 0 Å². The number of amides is 1. The summed E-state index contributed by atoms with van der Waals surface area (Å²) in [4.78, 5) is 24.2. The summed E-state index contributed by atoms with van der Waals surface area (Å²) in [6.07, 6.45) is 6.63. The molecule has 3 rings (SSSR count). The number of hydrogen-bond donors (Lipinski definition) is 0. The Morgan fingerprint density at radius 3 is 1.62 bits per heavy atom. The number of carbonyl (C=O) groups excluding carboxylic acids is 2. The molecule has 4 nitrogen and oxygen atoms in total. The number of carbonyl (C=O) groups is 2. The second-order valence-electron chi connectivity index (χ2n) is 7.44. The Morgan fingerprint density at radius 2 is 1.32 bits per heavy atom. The van der Waals surface area contributed by atoms with Crippen LogP contribution in [0.15, 0.2) is 57.5 Å². The zero-order valence-electron chi connectivity index (χ0n) is 20.8. The van der Waals surface area contributed by atoms with Crippen LogP contribution in [-0.2, 0) is 4.74 Å². The topological polar surface area (TPSA) is 46.6 Å². The first-order valence-corrected chi connectivity index (χ1v) is 13.8. The molecule has 7 heteroatoms. The number of unbranched alkanes of at least 4 members (excludes halogenated alkanes) is 2. The van der Waals surface area contributed by atoms with Crippen molar-refractivity contribution >= 4 is 54.6 Å². The van der Waals surface area contributed by atoms with Gasteiger partial charge in [0.2, 0.25) is 0 Å². The summed E-state index contributed by atoms with van der Waals surface area (Å²) < 4.78 is 6.74. The zero-order valence-corrected chi connectivity index (χ0v) is 24.7. The van der Waals surface area contributed by atoms with Crippen molar-refractivity contribution in [3.8, 4) is 0 Å². The van der Waals surface area contributed by atoms with Gasteiger partial charge in [0.15, 0.2) is 0 Å². The number of nitrogens with zero attached hydrogens (tertiary/aromatic N) is 1. The minimum atomic E-state index is -0.429. The highest BCUT2D eigenvalue weighted by molar-refractivity contribution is 9.10. The van der Waals surface area contributed by atoms with E-state index in [1.54, 1.807) is 18.2 Å². The highest BCUT2D eigenvalue weighted by atomic mass is 79.9. The van der Waals surface area contributed by atoms with Crippen LogP contribution in [0.1, 0.15) is 80.5 Å². The van der Waals surface area contributed by atoms with E-state index < -0.39 is 5.24 Å². The van der Waals surface area contributed by atoms with Crippen LogP contribution in [-0.4, -0.2) is 42.4 Å². The fourth-order valence-electron chi connectivity index (χ4n) is 2.79. The molecule has 1 amide bonds. The molecule has 1 heterocycles. The summed E-state index contributed by atoms with van der Waals surface area (Å²) in [5.74, 6) is 0.0938. The van der Waals surface area contributed by atoms with Crippen molar-refractivity contribution in [1.29, 1.82) is 0 Å². The van der Waals surface area contributed by atoms with Crippen molar-refractivity contribution < 1.29 is 14.3 Å². The molecule has 1 aliphatic heterocycles. The first-order valence-electron chi connectivity index (χ1n) is 11.9. The van der Waals surface area contributed by atoms with Gasteiger partial charge >= 0.3 is 0 Å². The second kappa shape index (κ2) is 21.1. The van der Waals surface area contributed by atoms with Gasteiger partial charge in [-0.1, -0.05) is 83.2 Å². The van der Waals surface area contributed by atoms with E-state index in [4.69, 9.17) is 16.3 Å². The maximum Gasteiger partial charge on any atom is 0.253 e. The fourth-order valence-corrected chi connectivity index (χ4v) is 3.71. The van der Waals surface area contributed by atoms with E-state index in [2.05, 4.69) is 45.7 Å². The predicted octanol–water partition coefficient (Wildman–Crippen LogP) is 8.75. The number of benzene rings is 2. The summed E-state index contributed by atoms with van der Waals surface area (Å²) in [7, 11) is 0. The zero-order chi connectivity index (χ0) is 25.8. The lowest BCUT2D eigenvalue weighted by Gasteiger charge is -2.18. The number of ether oxygens (including phenoxy) is 1. The summed E-state index contributed by atoms with van der Waals surface area (Å²) in [6.45, 7) is 11.9. The van der Waals surface area contributed by atoms with E-state index >= 15 is 0 Å². The fraction of sp³-hybridized carbons (Fsp3) is 0.481. The summed E-state index contributed by atoms with van der Waals surface area (Å²) in [6, 6.07) is 14.4. The molecule has 0 spiro atoms. The highest BCUT2D eigenvalue weighted by Gasteiger charge is 2.11. The number of rotatable bonds is 6. The monoisotopic (exact) mass is 617 g/mol. The molecular formula is C27H38Br2ClNO3. The first-order chi connectivity index (χ1) is 16.3. The van der Waals surface area contributed by atoms with Crippen LogP contribution in [0.3, 0.4) is 0 Å². The molecule has 2 aromatic carbocycles.